The second-order valence-electron chi connectivity index (χ2n) is 5.73. The van der Waals surface area contributed by atoms with Crippen LogP contribution in [0.4, 0.5) is 4.79 Å². The first-order valence-electron chi connectivity index (χ1n) is 6.08. The maximum absolute atomic E-state index is 11.8. The second kappa shape index (κ2) is 5.38. The van der Waals surface area contributed by atoms with Crippen molar-refractivity contribution < 1.29 is 14.7 Å². The van der Waals surface area contributed by atoms with Crippen LogP contribution in [0.5, 0.6) is 0 Å². The molecule has 0 bridgehead atoms. The van der Waals surface area contributed by atoms with Crippen LogP contribution in [0.2, 0.25) is 0 Å². The molecule has 98 valence electrons. The fourth-order valence-corrected chi connectivity index (χ4v) is 1.91. The minimum absolute atomic E-state index is 0.171. The highest BCUT2D eigenvalue weighted by Gasteiger charge is 2.33. The molecule has 0 aromatic carbocycles. The molecule has 0 aromatic heterocycles. The van der Waals surface area contributed by atoms with Crippen molar-refractivity contribution in [3.8, 4) is 0 Å². The molecule has 1 saturated heterocycles. The summed E-state index contributed by atoms with van der Waals surface area (Å²) in [4.78, 5) is 24.1. The second-order valence-corrected chi connectivity index (χ2v) is 5.73. The summed E-state index contributed by atoms with van der Waals surface area (Å²) in [6, 6.07) is -0.899. The molecule has 0 spiro atoms. The van der Waals surface area contributed by atoms with Crippen molar-refractivity contribution >= 4 is 12.0 Å². The van der Waals surface area contributed by atoms with Gasteiger partial charge in [-0.1, -0.05) is 20.8 Å². The normalized spacial score (nSPS) is 20.4. The lowest BCUT2D eigenvalue weighted by atomic mass is 9.92. The predicted octanol–water partition coefficient (Wildman–Crippen LogP) is 1.68. The zero-order chi connectivity index (χ0) is 13.1. The molecule has 0 radical (unpaired) electrons. The molecule has 1 unspecified atom stereocenters. The van der Waals surface area contributed by atoms with E-state index in [-0.39, 0.29) is 11.4 Å². The monoisotopic (exact) mass is 242 g/mol. The van der Waals surface area contributed by atoms with Crippen molar-refractivity contribution in [2.75, 3.05) is 13.1 Å². The number of carboxylic acids is 1. The molecule has 1 heterocycles. The van der Waals surface area contributed by atoms with Crippen LogP contribution in [0.1, 0.15) is 40.0 Å². The molecule has 1 fully saturated rings. The van der Waals surface area contributed by atoms with E-state index in [2.05, 4.69) is 26.1 Å². The van der Waals surface area contributed by atoms with Gasteiger partial charge in [-0.15, -0.1) is 0 Å². The Hall–Kier alpha value is -1.26. The van der Waals surface area contributed by atoms with Crippen LogP contribution in [0.15, 0.2) is 0 Å². The number of carboxylic acid groups (broad SMARTS) is 1. The standard InChI is InChI=1S/C12H22N2O3/c1-12(2,3)6-7-13-11(17)14-8-4-5-9(14)10(15)16/h9H,4-8H2,1-3H3,(H,13,17)(H,15,16). The Kier molecular flexibility index (Phi) is 4.37. The van der Waals surface area contributed by atoms with Crippen molar-refractivity contribution in [2.45, 2.75) is 46.1 Å². The van der Waals surface area contributed by atoms with Crippen LogP contribution in [0, 0.1) is 5.41 Å². The molecule has 5 heteroatoms. The Morgan fingerprint density at radius 3 is 2.59 bits per heavy atom. The number of carbonyl (C=O) groups excluding carboxylic acids is 1. The Balaban J connectivity index is 2.40. The fourth-order valence-electron chi connectivity index (χ4n) is 1.91. The van der Waals surface area contributed by atoms with E-state index in [1.165, 1.54) is 4.90 Å². The van der Waals surface area contributed by atoms with Gasteiger partial charge >= 0.3 is 12.0 Å². The molecule has 0 aliphatic carbocycles. The smallest absolute Gasteiger partial charge is 0.326 e. The van der Waals surface area contributed by atoms with E-state index in [0.717, 1.165) is 12.8 Å². The van der Waals surface area contributed by atoms with Crippen molar-refractivity contribution in [1.29, 1.82) is 0 Å². The maximum atomic E-state index is 11.8. The summed E-state index contributed by atoms with van der Waals surface area (Å²) in [5, 5.41) is 11.8. The minimum atomic E-state index is -0.909. The minimum Gasteiger partial charge on any atom is -0.480 e. The van der Waals surface area contributed by atoms with Crippen molar-refractivity contribution in [3.63, 3.8) is 0 Å². The molecule has 17 heavy (non-hydrogen) atoms. The molecular formula is C12H22N2O3. The summed E-state index contributed by atoms with van der Waals surface area (Å²) < 4.78 is 0. The number of nitrogens with one attached hydrogen (secondary N) is 1. The average molecular weight is 242 g/mol. The molecule has 1 aliphatic heterocycles. The number of carbonyl (C=O) groups is 2. The van der Waals surface area contributed by atoms with Crippen LogP contribution in [-0.4, -0.2) is 41.1 Å². The van der Waals surface area contributed by atoms with Gasteiger partial charge in [-0.05, 0) is 24.7 Å². The third-order valence-corrected chi connectivity index (χ3v) is 2.95. The Morgan fingerprint density at radius 2 is 2.06 bits per heavy atom. The SMILES string of the molecule is CC(C)(C)CCNC(=O)N1CCCC1C(=O)O. The third kappa shape index (κ3) is 4.24. The third-order valence-electron chi connectivity index (χ3n) is 2.95. The van der Waals surface area contributed by atoms with Gasteiger partial charge in [-0.25, -0.2) is 9.59 Å². The van der Waals surface area contributed by atoms with Gasteiger partial charge in [0.05, 0.1) is 0 Å². The number of rotatable bonds is 3. The van der Waals surface area contributed by atoms with E-state index >= 15 is 0 Å². The topological polar surface area (TPSA) is 69.6 Å². The van der Waals surface area contributed by atoms with Crippen LogP contribution >= 0.6 is 0 Å². The largest absolute Gasteiger partial charge is 0.480 e. The first kappa shape index (κ1) is 13.8. The molecule has 1 aliphatic rings. The maximum Gasteiger partial charge on any atom is 0.326 e. The van der Waals surface area contributed by atoms with Crippen molar-refractivity contribution in [2.24, 2.45) is 5.41 Å². The molecule has 1 rings (SSSR count). The lowest BCUT2D eigenvalue weighted by Crippen LogP contribution is -2.46. The van der Waals surface area contributed by atoms with Crippen LogP contribution < -0.4 is 5.32 Å². The van der Waals surface area contributed by atoms with Gasteiger partial charge in [-0.3, -0.25) is 0 Å². The predicted molar refractivity (Wildman–Crippen MR) is 64.8 cm³/mol. The van der Waals surface area contributed by atoms with E-state index in [1.54, 1.807) is 0 Å². The first-order chi connectivity index (χ1) is 7.81. The lowest BCUT2D eigenvalue weighted by molar-refractivity contribution is -0.141. The number of urea groups is 1. The summed E-state index contributed by atoms with van der Waals surface area (Å²) in [7, 11) is 0. The summed E-state index contributed by atoms with van der Waals surface area (Å²) in [5.74, 6) is -0.909. The van der Waals surface area contributed by atoms with Gasteiger partial charge in [0.15, 0.2) is 0 Å². The molecule has 0 saturated carbocycles. The Bertz CT molecular complexity index is 297. The Morgan fingerprint density at radius 1 is 1.41 bits per heavy atom. The van der Waals surface area contributed by atoms with Gasteiger partial charge in [0.2, 0.25) is 0 Å². The summed E-state index contributed by atoms with van der Waals surface area (Å²) in [5.41, 5.74) is 0.171. The van der Waals surface area contributed by atoms with Crippen molar-refractivity contribution in [1.82, 2.24) is 10.2 Å². The Labute approximate surface area is 102 Å². The van der Waals surface area contributed by atoms with E-state index in [1.807, 2.05) is 0 Å². The summed E-state index contributed by atoms with van der Waals surface area (Å²) in [6.45, 7) is 7.45. The van der Waals surface area contributed by atoms with Gasteiger partial charge in [0.25, 0.3) is 0 Å². The number of hydrogen-bond acceptors (Lipinski definition) is 2. The number of nitrogens with zero attached hydrogens (tertiary/aromatic N) is 1. The first-order valence-corrected chi connectivity index (χ1v) is 6.08. The van der Waals surface area contributed by atoms with E-state index in [9.17, 15) is 9.59 Å². The molecule has 5 nitrogen and oxygen atoms in total. The van der Waals surface area contributed by atoms with Crippen molar-refractivity contribution in [3.05, 3.63) is 0 Å². The number of amides is 2. The zero-order valence-corrected chi connectivity index (χ0v) is 10.8. The molecule has 2 N–H and O–H groups in total. The van der Waals surface area contributed by atoms with Gasteiger partial charge in [0, 0.05) is 13.1 Å². The number of likely N-dealkylation sites (tertiary alicyclic amines) is 1. The number of hydrogen-bond donors (Lipinski definition) is 2. The highest BCUT2D eigenvalue weighted by Crippen LogP contribution is 2.19. The van der Waals surface area contributed by atoms with E-state index < -0.39 is 12.0 Å². The number of aliphatic carboxylic acids is 1. The zero-order valence-electron chi connectivity index (χ0n) is 10.8. The fraction of sp³-hybridized carbons (Fsp3) is 0.833. The lowest BCUT2D eigenvalue weighted by Gasteiger charge is -2.23. The highest BCUT2D eigenvalue weighted by atomic mass is 16.4. The van der Waals surface area contributed by atoms with E-state index in [0.29, 0.717) is 19.5 Å². The van der Waals surface area contributed by atoms with E-state index in [4.69, 9.17) is 5.11 Å². The summed E-state index contributed by atoms with van der Waals surface area (Å²) >= 11 is 0. The summed E-state index contributed by atoms with van der Waals surface area (Å²) in [6.07, 6.45) is 2.20. The highest BCUT2D eigenvalue weighted by molar-refractivity contribution is 5.83. The quantitative estimate of drug-likeness (QED) is 0.791. The molecule has 1 atom stereocenters. The van der Waals surface area contributed by atoms with Crippen LogP contribution in [-0.2, 0) is 4.79 Å². The van der Waals surface area contributed by atoms with Gasteiger partial charge in [-0.2, -0.15) is 0 Å². The molecule has 2 amide bonds. The average Bonchev–Trinajstić information content (AvgIpc) is 2.63. The van der Waals surface area contributed by atoms with Gasteiger partial charge < -0.3 is 15.3 Å². The molecular weight excluding hydrogens is 220 g/mol. The molecule has 0 aromatic rings. The van der Waals surface area contributed by atoms with Gasteiger partial charge in [0.1, 0.15) is 6.04 Å². The van der Waals surface area contributed by atoms with Crippen LogP contribution in [0.25, 0.3) is 0 Å². The van der Waals surface area contributed by atoms with Crippen LogP contribution in [0.3, 0.4) is 0 Å².